The lowest BCUT2D eigenvalue weighted by atomic mass is 9.51. The van der Waals surface area contributed by atoms with E-state index in [4.69, 9.17) is 0 Å². The van der Waals surface area contributed by atoms with Gasteiger partial charge in [0, 0.05) is 17.8 Å². The number of carbonyl (C=O) groups excluding carboxylic acids is 1. The van der Waals surface area contributed by atoms with Gasteiger partial charge in [-0.3, -0.25) is 0 Å². The lowest BCUT2D eigenvalue weighted by Crippen LogP contribution is -2.42. The van der Waals surface area contributed by atoms with Crippen molar-refractivity contribution in [2.24, 2.45) is 0 Å². The van der Waals surface area contributed by atoms with E-state index in [1.807, 2.05) is 0 Å². The van der Waals surface area contributed by atoms with Crippen LogP contribution in [0.2, 0.25) is 0 Å². The number of aldehydes is 1. The summed E-state index contributed by atoms with van der Waals surface area (Å²) in [4.78, 5) is 10.8. The third-order valence-electron chi connectivity index (χ3n) is 6.32. The van der Waals surface area contributed by atoms with E-state index in [1.165, 1.54) is 33.4 Å². The van der Waals surface area contributed by atoms with E-state index < -0.39 is 0 Å². The quantitative estimate of drug-likeness (QED) is 0.438. The van der Waals surface area contributed by atoms with Gasteiger partial charge in [0.2, 0.25) is 0 Å². The van der Waals surface area contributed by atoms with Crippen LogP contribution in [-0.4, -0.2) is 6.29 Å². The lowest BCUT2D eigenvalue weighted by molar-refractivity contribution is -0.107. The van der Waals surface area contributed by atoms with Crippen LogP contribution in [0.1, 0.15) is 65.0 Å². The number of hydrogen-bond donors (Lipinski definition) is 0. The zero-order chi connectivity index (χ0) is 17.6. The van der Waals surface area contributed by atoms with Gasteiger partial charge in [-0.2, -0.15) is 0 Å². The molecule has 26 heavy (non-hydrogen) atoms. The number of rotatable bonds is 5. The van der Waals surface area contributed by atoms with Crippen LogP contribution in [0, 0.1) is 0 Å². The Kier molecular flexibility index (Phi) is 3.56. The van der Waals surface area contributed by atoms with Crippen LogP contribution in [0.4, 0.5) is 0 Å². The lowest BCUT2D eigenvalue weighted by Gasteiger charge is -2.51. The summed E-state index contributed by atoms with van der Waals surface area (Å²) in [5, 5.41) is 0. The Morgan fingerprint density at radius 1 is 0.692 bits per heavy atom. The van der Waals surface area contributed by atoms with Crippen molar-refractivity contribution < 1.29 is 4.79 Å². The minimum absolute atomic E-state index is 0.0819. The van der Waals surface area contributed by atoms with E-state index in [0.29, 0.717) is 12.3 Å². The molecule has 0 saturated carbocycles. The first-order valence-electron chi connectivity index (χ1n) is 9.60. The molecule has 0 spiro atoms. The Balaban J connectivity index is 1.79. The molecule has 3 aromatic rings. The Bertz CT molecular complexity index is 869. The molecular weight excluding hydrogens is 316 g/mol. The first kappa shape index (κ1) is 15.6. The van der Waals surface area contributed by atoms with Gasteiger partial charge < -0.3 is 4.79 Å². The summed E-state index contributed by atoms with van der Waals surface area (Å²) >= 11 is 0. The molecule has 3 aromatic carbocycles. The normalized spacial score (nSPS) is 21.6. The SMILES string of the molecule is O=CCCCCC12c3ccccc3C(c3ccccc31)c1ccccc12. The number of benzene rings is 3. The van der Waals surface area contributed by atoms with E-state index >= 15 is 0 Å². The Morgan fingerprint density at radius 2 is 1.15 bits per heavy atom. The monoisotopic (exact) mass is 338 g/mol. The van der Waals surface area contributed by atoms with Crippen LogP contribution >= 0.6 is 0 Å². The van der Waals surface area contributed by atoms with Gasteiger partial charge in [-0.05, 0) is 46.2 Å². The third-order valence-corrected chi connectivity index (χ3v) is 6.32. The highest BCUT2D eigenvalue weighted by Gasteiger charge is 2.50. The molecule has 0 N–H and O–H groups in total. The molecule has 0 aliphatic heterocycles. The molecule has 1 nitrogen and oxygen atoms in total. The van der Waals surface area contributed by atoms with Crippen molar-refractivity contribution in [3.8, 4) is 0 Å². The minimum Gasteiger partial charge on any atom is -0.303 e. The molecule has 0 amide bonds. The first-order valence-corrected chi connectivity index (χ1v) is 9.60. The van der Waals surface area contributed by atoms with E-state index in [1.54, 1.807) is 0 Å². The molecule has 1 heteroatoms. The van der Waals surface area contributed by atoms with Crippen molar-refractivity contribution in [2.45, 2.75) is 37.0 Å². The van der Waals surface area contributed by atoms with Crippen molar-refractivity contribution in [2.75, 3.05) is 0 Å². The van der Waals surface area contributed by atoms with E-state index in [-0.39, 0.29) is 5.41 Å². The fourth-order valence-electron chi connectivity index (χ4n) is 5.37. The van der Waals surface area contributed by atoms with Crippen LogP contribution in [0.5, 0.6) is 0 Å². The number of carbonyl (C=O) groups is 1. The summed E-state index contributed by atoms with van der Waals surface area (Å²) in [6, 6.07) is 27.0. The molecule has 3 aliphatic carbocycles. The largest absolute Gasteiger partial charge is 0.303 e. The molecule has 128 valence electrons. The average Bonchev–Trinajstić information content (AvgIpc) is 2.71. The van der Waals surface area contributed by atoms with Gasteiger partial charge in [0.05, 0.1) is 0 Å². The summed E-state index contributed by atoms with van der Waals surface area (Å²) in [5.74, 6) is 0.343. The Hall–Kier alpha value is -2.67. The van der Waals surface area contributed by atoms with Gasteiger partial charge in [-0.25, -0.2) is 0 Å². The van der Waals surface area contributed by atoms with E-state index in [2.05, 4.69) is 72.8 Å². The molecule has 6 rings (SSSR count). The van der Waals surface area contributed by atoms with Crippen LogP contribution in [0.15, 0.2) is 72.8 Å². The molecule has 0 unspecified atom stereocenters. The zero-order valence-corrected chi connectivity index (χ0v) is 14.8. The van der Waals surface area contributed by atoms with Crippen LogP contribution in [-0.2, 0) is 10.2 Å². The van der Waals surface area contributed by atoms with E-state index in [0.717, 1.165) is 25.5 Å². The molecule has 0 atom stereocenters. The van der Waals surface area contributed by atoms with Crippen LogP contribution in [0.25, 0.3) is 0 Å². The topological polar surface area (TPSA) is 17.1 Å². The number of hydrogen-bond acceptors (Lipinski definition) is 1. The predicted octanol–water partition coefficient (Wildman–Crippen LogP) is 5.59. The summed E-state index contributed by atoms with van der Waals surface area (Å²) in [5.41, 5.74) is 8.69. The van der Waals surface area contributed by atoms with Gasteiger partial charge in [-0.1, -0.05) is 79.2 Å². The van der Waals surface area contributed by atoms with E-state index in [9.17, 15) is 4.79 Å². The maximum absolute atomic E-state index is 10.8. The fraction of sp³-hybridized carbons (Fsp3) is 0.240. The van der Waals surface area contributed by atoms with Crippen molar-refractivity contribution in [1.29, 1.82) is 0 Å². The van der Waals surface area contributed by atoms with Gasteiger partial charge in [0.15, 0.2) is 0 Å². The van der Waals surface area contributed by atoms with Crippen molar-refractivity contribution in [3.05, 3.63) is 106 Å². The maximum Gasteiger partial charge on any atom is 0.119 e. The second-order valence-electron chi connectivity index (χ2n) is 7.51. The zero-order valence-electron chi connectivity index (χ0n) is 14.8. The average molecular weight is 338 g/mol. The van der Waals surface area contributed by atoms with Gasteiger partial charge in [-0.15, -0.1) is 0 Å². The summed E-state index contributed by atoms with van der Waals surface area (Å²) in [6.45, 7) is 0. The standard InChI is InChI=1S/C25H22O/c26-17-9-1-8-16-25-21-13-5-2-10-18(21)24(19-11-3-6-14-22(19)25)20-12-4-7-15-23(20)25/h2-7,10-15,17,24H,1,8-9,16H2. The molecule has 3 aliphatic rings. The molecule has 0 radical (unpaired) electrons. The summed E-state index contributed by atoms with van der Waals surface area (Å²) in [7, 11) is 0. The number of unbranched alkanes of at least 4 members (excludes halogenated alkanes) is 2. The summed E-state index contributed by atoms with van der Waals surface area (Å²) in [6.07, 6.45) is 4.77. The Morgan fingerprint density at radius 3 is 1.62 bits per heavy atom. The molecule has 0 fully saturated rings. The molecule has 0 saturated heterocycles. The van der Waals surface area contributed by atoms with Crippen LogP contribution in [0.3, 0.4) is 0 Å². The smallest absolute Gasteiger partial charge is 0.119 e. The molecule has 2 bridgehead atoms. The van der Waals surface area contributed by atoms with Crippen LogP contribution < -0.4 is 0 Å². The van der Waals surface area contributed by atoms with Gasteiger partial charge >= 0.3 is 0 Å². The van der Waals surface area contributed by atoms with Crippen molar-refractivity contribution in [3.63, 3.8) is 0 Å². The predicted molar refractivity (Wildman–Crippen MR) is 105 cm³/mol. The highest BCUT2D eigenvalue weighted by atomic mass is 16.1. The fourth-order valence-corrected chi connectivity index (χ4v) is 5.37. The second-order valence-corrected chi connectivity index (χ2v) is 7.51. The maximum atomic E-state index is 10.8. The van der Waals surface area contributed by atoms with Gasteiger partial charge in [0.25, 0.3) is 0 Å². The molecule has 0 heterocycles. The molecule has 0 aromatic heterocycles. The highest BCUT2D eigenvalue weighted by Crippen LogP contribution is 2.60. The van der Waals surface area contributed by atoms with Crippen molar-refractivity contribution in [1.82, 2.24) is 0 Å². The third kappa shape index (κ3) is 1.94. The Labute approximate surface area is 154 Å². The minimum atomic E-state index is -0.0819. The second kappa shape index (κ2) is 5.95. The summed E-state index contributed by atoms with van der Waals surface area (Å²) < 4.78 is 0. The van der Waals surface area contributed by atoms with Gasteiger partial charge in [0.1, 0.15) is 6.29 Å². The van der Waals surface area contributed by atoms with Crippen molar-refractivity contribution >= 4 is 6.29 Å². The first-order chi connectivity index (χ1) is 12.9. The highest BCUT2D eigenvalue weighted by molar-refractivity contribution is 5.71. The molecular formula is C25H22O.